The van der Waals surface area contributed by atoms with Gasteiger partial charge < -0.3 is 19.1 Å². The Kier molecular flexibility index (Phi) is 7.88. The van der Waals surface area contributed by atoms with Crippen molar-refractivity contribution in [2.75, 3.05) is 13.2 Å². The van der Waals surface area contributed by atoms with Crippen LogP contribution in [0, 0.1) is 5.92 Å². The molecule has 0 bridgehead atoms. The summed E-state index contributed by atoms with van der Waals surface area (Å²) < 4.78 is 13.6. The maximum atomic E-state index is 12.2. The van der Waals surface area contributed by atoms with Gasteiger partial charge in [0.2, 0.25) is 0 Å². The van der Waals surface area contributed by atoms with Gasteiger partial charge in [0.1, 0.15) is 23.7 Å². The predicted molar refractivity (Wildman–Crippen MR) is 114 cm³/mol. The van der Waals surface area contributed by atoms with Crippen LogP contribution >= 0.6 is 0 Å². The Morgan fingerprint density at radius 3 is 2.52 bits per heavy atom. The number of hydrogen-bond donors (Lipinski definition) is 1. The largest absolute Gasteiger partial charge is 0.493 e. The number of aromatic nitrogens is 1. The van der Waals surface area contributed by atoms with Crippen LogP contribution in [0.2, 0.25) is 0 Å². The number of ether oxygens (including phenoxy) is 2. The van der Waals surface area contributed by atoms with Crippen molar-refractivity contribution < 1.29 is 19.4 Å². The molecule has 6 heteroatoms. The summed E-state index contributed by atoms with van der Waals surface area (Å²) in [5, 5.41) is 9.19. The van der Waals surface area contributed by atoms with Crippen LogP contribution in [-0.2, 0) is 13.0 Å². The van der Waals surface area contributed by atoms with Crippen LogP contribution in [0.15, 0.2) is 29.2 Å². The molecule has 2 heterocycles. The monoisotopic (exact) mass is 401 g/mol. The number of nitrogens with zero attached hydrogens (tertiary/aromatic N) is 1. The smallest absolute Gasteiger partial charge is 0.341 e. The Balaban J connectivity index is 0.000000941. The van der Waals surface area contributed by atoms with Gasteiger partial charge in [-0.05, 0) is 24.0 Å². The van der Waals surface area contributed by atoms with Gasteiger partial charge in [-0.1, -0.05) is 41.0 Å². The van der Waals surface area contributed by atoms with Gasteiger partial charge in [0, 0.05) is 23.9 Å². The Morgan fingerprint density at radius 1 is 1.24 bits per heavy atom. The van der Waals surface area contributed by atoms with Gasteiger partial charge in [-0.2, -0.15) is 0 Å². The van der Waals surface area contributed by atoms with Crippen LogP contribution in [0.5, 0.6) is 11.5 Å². The highest BCUT2D eigenvalue weighted by Crippen LogP contribution is 2.38. The number of carboxylic acids is 1. The minimum absolute atomic E-state index is 0.232. The first-order chi connectivity index (χ1) is 13.8. The topological polar surface area (TPSA) is 77.8 Å². The van der Waals surface area contributed by atoms with Crippen LogP contribution in [0.1, 0.15) is 57.0 Å². The minimum Gasteiger partial charge on any atom is -0.493 e. The molecule has 0 unspecified atom stereocenters. The van der Waals surface area contributed by atoms with E-state index in [1.807, 2.05) is 19.1 Å². The molecule has 1 N–H and O–H groups in total. The number of hydrogen-bond acceptors (Lipinski definition) is 4. The van der Waals surface area contributed by atoms with Crippen molar-refractivity contribution in [3.05, 3.63) is 45.7 Å². The molecule has 1 aromatic heterocycles. The summed E-state index contributed by atoms with van der Waals surface area (Å²) in [7, 11) is 0. The van der Waals surface area contributed by atoms with Crippen LogP contribution in [-0.4, -0.2) is 28.9 Å². The van der Waals surface area contributed by atoms with E-state index in [-0.39, 0.29) is 5.56 Å². The highest BCUT2D eigenvalue weighted by molar-refractivity contribution is 5.87. The number of rotatable bonds is 5. The number of aryl methyl sites for hydroxylation is 1. The van der Waals surface area contributed by atoms with E-state index in [0.717, 1.165) is 23.3 Å². The number of carbonyl (C=O) groups is 1. The van der Waals surface area contributed by atoms with E-state index >= 15 is 0 Å². The van der Waals surface area contributed by atoms with Crippen LogP contribution in [0.25, 0.3) is 11.3 Å². The summed E-state index contributed by atoms with van der Waals surface area (Å²) in [6.07, 6.45) is 3.42. The number of pyridine rings is 1. The first kappa shape index (κ1) is 22.5. The van der Waals surface area contributed by atoms with E-state index in [9.17, 15) is 14.7 Å². The quantitative estimate of drug-likeness (QED) is 0.791. The van der Waals surface area contributed by atoms with Crippen LogP contribution in [0.3, 0.4) is 0 Å². The standard InChI is InChI=1S/C20H23NO5.C3H8/c1-4-13-7-14-16-8-17(22)15(20(23)24)10-21(16)5-6-25-19(14)9-18(13)26-11-12(2)3;1-3-2/h7-10,12H,4-6,11H2,1-3H3,(H,23,24);3H2,1-2H3. The molecular formula is C23H31NO5. The lowest BCUT2D eigenvalue weighted by Crippen LogP contribution is -2.19. The SMILES string of the molecule is CCC.CCc1cc2c(cc1OCC(C)C)OCCn1cc(C(=O)O)c(=O)cc1-2. The van der Waals surface area contributed by atoms with E-state index in [1.165, 1.54) is 18.7 Å². The first-order valence-corrected chi connectivity index (χ1v) is 10.2. The second kappa shape index (κ2) is 10.1. The van der Waals surface area contributed by atoms with Crippen molar-refractivity contribution in [3.63, 3.8) is 0 Å². The van der Waals surface area contributed by atoms with Crippen molar-refractivity contribution in [1.29, 1.82) is 0 Å². The Morgan fingerprint density at radius 2 is 1.93 bits per heavy atom. The highest BCUT2D eigenvalue weighted by atomic mass is 16.5. The molecule has 6 nitrogen and oxygen atoms in total. The molecule has 0 radical (unpaired) electrons. The van der Waals surface area contributed by atoms with Crippen LogP contribution < -0.4 is 14.9 Å². The molecular weight excluding hydrogens is 370 g/mol. The molecule has 0 spiro atoms. The predicted octanol–water partition coefficient (Wildman–Crippen LogP) is 4.62. The fourth-order valence-corrected chi connectivity index (χ4v) is 3.00. The maximum absolute atomic E-state index is 12.2. The van der Waals surface area contributed by atoms with Gasteiger partial charge in [0.05, 0.1) is 18.8 Å². The Hall–Kier alpha value is -2.76. The number of carboxylic acid groups (broad SMARTS) is 1. The van der Waals surface area contributed by atoms with E-state index in [0.29, 0.717) is 37.1 Å². The van der Waals surface area contributed by atoms with E-state index in [4.69, 9.17) is 9.47 Å². The molecule has 2 aromatic rings. The molecule has 158 valence electrons. The van der Waals surface area contributed by atoms with E-state index in [2.05, 4.69) is 27.7 Å². The van der Waals surface area contributed by atoms with Crippen molar-refractivity contribution in [3.8, 4) is 22.8 Å². The molecule has 0 fully saturated rings. The summed E-state index contributed by atoms with van der Waals surface area (Å²) in [5.74, 6) is 0.628. The highest BCUT2D eigenvalue weighted by Gasteiger charge is 2.21. The zero-order chi connectivity index (χ0) is 21.6. The molecule has 0 amide bonds. The number of benzene rings is 1. The zero-order valence-corrected chi connectivity index (χ0v) is 17.9. The number of aromatic carboxylic acids is 1. The summed E-state index contributed by atoms with van der Waals surface area (Å²) in [6.45, 7) is 11.9. The van der Waals surface area contributed by atoms with Gasteiger partial charge in [-0.15, -0.1) is 0 Å². The summed E-state index contributed by atoms with van der Waals surface area (Å²) in [4.78, 5) is 23.4. The van der Waals surface area contributed by atoms with Gasteiger partial charge in [0.15, 0.2) is 5.43 Å². The Labute approximate surface area is 172 Å². The van der Waals surface area contributed by atoms with Crippen LogP contribution in [0.4, 0.5) is 0 Å². The van der Waals surface area contributed by atoms with Gasteiger partial charge in [-0.3, -0.25) is 4.79 Å². The fourth-order valence-electron chi connectivity index (χ4n) is 3.00. The lowest BCUT2D eigenvalue weighted by atomic mass is 10.0. The van der Waals surface area contributed by atoms with Crippen molar-refractivity contribution in [2.24, 2.45) is 5.92 Å². The average molecular weight is 402 g/mol. The summed E-state index contributed by atoms with van der Waals surface area (Å²) in [6, 6.07) is 5.23. The van der Waals surface area contributed by atoms with Crippen molar-refractivity contribution in [2.45, 2.75) is 54.0 Å². The molecule has 0 aliphatic carbocycles. The molecule has 3 rings (SSSR count). The fraction of sp³-hybridized carbons (Fsp3) is 0.478. The minimum atomic E-state index is -1.22. The second-order valence-electron chi connectivity index (χ2n) is 7.51. The molecule has 1 aliphatic rings. The van der Waals surface area contributed by atoms with E-state index < -0.39 is 11.4 Å². The lowest BCUT2D eigenvalue weighted by Gasteiger charge is -2.17. The molecule has 1 aliphatic heterocycles. The van der Waals surface area contributed by atoms with Crippen molar-refractivity contribution in [1.82, 2.24) is 4.57 Å². The summed E-state index contributed by atoms with van der Waals surface area (Å²) >= 11 is 0. The molecule has 1 aromatic carbocycles. The maximum Gasteiger partial charge on any atom is 0.341 e. The van der Waals surface area contributed by atoms with Gasteiger partial charge in [0.25, 0.3) is 0 Å². The first-order valence-electron chi connectivity index (χ1n) is 10.2. The molecule has 29 heavy (non-hydrogen) atoms. The Bertz CT molecular complexity index is 914. The molecule has 0 atom stereocenters. The van der Waals surface area contributed by atoms with Crippen molar-refractivity contribution >= 4 is 5.97 Å². The third kappa shape index (κ3) is 5.40. The van der Waals surface area contributed by atoms with Gasteiger partial charge >= 0.3 is 5.97 Å². The zero-order valence-electron chi connectivity index (χ0n) is 17.9. The lowest BCUT2D eigenvalue weighted by molar-refractivity contribution is 0.0694. The van der Waals surface area contributed by atoms with Gasteiger partial charge in [-0.25, -0.2) is 4.79 Å². The summed E-state index contributed by atoms with van der Waals surface area (Å²) in [5.41, 5.74) is 1.73. The normalized spacial score (nSPS) is 12.1. The second-order valence-corrected chi connectivity index (χ2v) is 7.51. The molecule has 0 saturated carbocycles. The molecule has 0 saturated heterocycles. The van der Waals surface area contributed by atoms with E-state index in [1.54, 1.807) is 4.57 Å². The third-order valence-electron chi connectivity index (χ3n) is 4.34. The third-order valence-corrected chi connectivity index (χ3v) is 4.34. The average Bonchev–Trinajstić information content (AvgIpc) is 2.83. The number of fused-ring (bicyclic) bond motifs is 3.